The minimum Gasteiger partial charge on any atom is -0.394 e. The zero-order chi connectivity index (χ0) is 14.8. The fourth-order valence-electron chi connectivity index (χ4n) is 2.17. The summed E-state index contributed by atoms with van der Waals surface area (Å²) in [7, 11) is 0. The van der Waals surface area contributed by atoms with Crippen molar-refractivity contribution in [1.29, 1.82) is 0 Å². The standard InChI is InChI=1S/C11H21NO7/c1-5(14)12-8-6(15)3-11(2,18)19-10(8)9(17)7(16)4-13/h6-10,13,15-18H,3-4H2,1-2H3,(H,12,14)/t6-,7?,8+,9+,10+,11+/m0/s1. The van der Waals surface area contributed by atoms with Crippen LogP contribution in [0.1, 0.15) is 20.3 Å². The van der Waals surface area contributed by atoms with Crippen molar-refractivity contribution in [2.75, 3.05) is 6.61 Å². The van der Waals surface area contributed by atoms with Gasteiger partial charge in [0.15, 0.2) is 5.79 Å². The number of aliphatic hydroxyl groups excluding tert-OH is 4. The van der Waals surface area contributed by atoms with Crippen LogP contribution in [-0.4, -0.2) is 74.3 Å². The zero-order valence-electron chi connectivity index (χ0n) is 10.9. The molecule has 1 amide bonds. The molecule has 0 aromatic heterocycles. The molecule has 6 atom stereocenters. The van der Waals surface area contributed by atoms with Gasteiger partial charge in [-0.05, 0) is 6.92 Å². The van der Waals surface area contributed by atoms with Crippen molar-refractivity contribution in [1.82, 2.24) is 5.32 Å². The topological polar surface area (TPSA) is 139 Å². The van der Waals surface area contributed by atoms with Crippen LogP contribution in [0.4, 0.5) is 0 Å². The summed E-state index contributed by atoms with van der Waals surface area (Å²) in [6.07, 6.45) is -5.63. The number of carbonyl (C=O) groups is 1. The molecular weight excluding hydrogens is 258 g/mol. The molecule has 0 bridgehead atoms. The average molecular weight is 279 g/mol. The highest BCUT2D eigenvalue weighted by atomic mass is 16.6. The number of rotatable bonds is 4. The number of ether oxygens (including phenoxy) is 1. The van der Waals surface area contributed by atoms with Gasteiger partial charge in [-0.3, -0.25) is 4.79 Å². The van der Waals surface area contributed by atoms with E-state index in [1.54, 1.807) is 0 Å². The second kappa shape index (κ2) is 6.12. The Morgan fingerprint density at radius 1 is 1.53 bits per heavy atom. The summed E-state index contributed by atoms with van der Waals surface area (Å²) in [5, 5.41) is 50.3. The zero-order valence-corrected chi connectivity index (χ0v) is 10.9. The summed E-state index contributed by atoms with van der Waals surface area (Å²) in [4.78, 5) is 11.1. The number of carbonyl (C=O) groups excluding carboxylic acids is 1. The first kappa shape index (κ1) is 16.3. The molecular formula is C11H21NO7. The Balaban J connectivity index is 2.93. The van der Waals surface area contributed by atoms with Crippen molar-refractivity contribution < 1.29 is 35.1 Å². The van der Waals surface area contributed by atoms with Gasteiger partial charge in [-0.1, -0.05) is 0 Å². The van der Waals surface area contributed by atoms with E-state index in [0.29, 0.717) is 0 Å². The second-order valence-electron chi connectivity index (χ2n) is 5.00. The summed E-state index contributed by atoms with van der Waals surface area (Å²) in [5.74, 6) is -2.15. The number of nitrogens with one attached hydrogen (secondary N) is 1. The minimum absolute atomic E-state index is 0.156. The average Bonchev–Trinajstić information content (AvgIpc) is 2.29. The summed E-state index contributed by atoms with van der Waals surface area (Å²) < 4.78 is 5.20. The third kappa shape index (κ3) is 4.10. The van der Waals surface area contributed by atoms with E-state index in [4.69, 9.17) is 9.84 Å². The lowest BCUT2D eigenvalue weighted by Gasteiger charge is -2.45. The van der Waals surface area contributed by atoms with E-state index in [0.717, 1.165) is 0 Å². The number of hydrogen-bond donors (Lipinski definition) is 6. The Labute approximate surface area is 110 Å². The van der Waals surface area contributed by atoms with E-state index in [9.17, 15) is 25.2 Å². The van der Waals surface area contributed by atoms with Crippen molar-refractivity contribution in [3.63, 3.8) is 0 Å². The normalized spacial score (nSPS) is 38.6. The summed E-state index contributed by atoms with van der Waals surface area (Å²) in [6, 6.07) is -0.992. The molecule has 6 N–H and O–H groups in total. The van der Waals surface area contributed by atoms with Crippen LogP contribution in [0, 0.1) is 0 Å². The fraction of sp³-hybridized carbons (Fsp3) is 0.909. The van der Waals surface area contributed by atoms with Crippen LogP contribution in [0.3, 0.4) is 0 Å². The van der Waals surface area contributed by atoms with Gasteiger partial charge in [-0.2, -0.15) is 0 Å². The number of aliphatic hydroxyl groups is 5. The van der Waals surface area contributed by atoms with Crippen LogP contribution in [0.5, 0.6) is 0 Å². The van der Waals surface area contributed by atoms with Crippen molar-refractivity contribution in [2.45, 2.75) is 56.5 Å². The molecule has 8 nitrogen and oxygen atoms in total. The Hall–Kier alpha value is -0.770. The van der Waals surface area contributed by atoms with E-state index < -0.39 is 48.8 Å². The van der Waals surface area contributed by atoms with Gasteiger partial charge in [0.1, 0.15) is 18.3 Å². The molecule has 1 fully saturated rings. The molecule has 1 heterocycles. The second-order valence-corrected chi connectivity index (χ2v) is 5.00. The molecule has 0 radical (unpaired) electrons. The van der Waals surface area contributed by atoms with Crippen molar-refractivity contribution in [3.8, 4) is 0 Å². The molecule has 0 aromatic carbocycles. The Bertz CT molecular complexity index is 322. The van der Waals surface area contributed by atoms with Crippen LogP contribution < -0.4 is 5.32 Å². The van der Waals surface area contributed by atoms with Crippen LogP contribution in [0.15, 0.2) is 0 Å². The minimum atomic E-state index is -1.70. The van der Waals surface area contributed by atoms with Crippen LogP contribution >= 0.6 is 0 Å². The van der Waals surface area contributed by atoms with Gasteiger partial charge in [0.2, 0.25) is 5.91 Å². The molecule has 1 aliphatic rings. The molecule has 1 rings (SSSR count). The third-order valence-electron chi connectivity index (χ3n) is 3.03. The fourth-order valence-corrected chi connectivity index (χ4v) is 2.17. The monoisotopic (exact) mass is 279 g/mol. The predicted molar refractivity (Wildman–Crippen MR) is 62.8 cm³/mol. The smallest absolute Gasteiger partial charge is 0.217 e. The molecule has 1 saturated heterocycles. The molecule has 0 saturated carbocycles. The molecule has 0 aliphatic carbocycles. The maximum Gasteiger partial charge on any atom is 0.217 e. The van der Waals surface area contributed by atoms with Crippen LogP contribution in [-0.2, 0) is 9.53 Å². The summed E-state index contributed by atoms with van der Waals surface area (Å²) >= 11 is 0. The van der Waals surface area contributed by atoms with Gasteiger partial charge >= 0.3 is 0 Å². The predicted octanol–water partition coefficient (Wildman–Crippen LogP) is -2.94. The highest BCUT2D eigenvalue weighted by molar-refractivity contribution is 5.73. The molecule has 1 unspecified atom stereocenters. The van der Waals surface area contributed by atoms with Gasteiger partial charge < -0.3 is 35.6 Å². The largest absolute Gasteiger partial charge is 0.394 e. The van der Waals surface area contributed by atoms with Gasteiger partial charge in [0.05, 0.1) is 18.8 Å². The van der Waals surface area contributed by atoms with E-state index in [2.05, 4.69) is 5.32 Å². The van der Waals surface area contributed by atoms with Crippen molar-refractivity contribution >= 4 is 5.91 Å². The van der Waals surface area contributed by atoms with E-state index in [1.807, 2.05) is 0 Å². The molecule has 0 spiro atoms. The van der Waals surface area contributed by atoms with Gasteiger partial charge in [0, 0.05) is 13.3 Å². The summed E-state index contributed by atoms with van der Waals surface area (Å²) in [6.45, 7) is 1.81. The Morgan fingerprint density at radius 2 is 2.11 bits per heavy atom. The number of hydrogen-bond acceptors (Lipinski definition) is 7. The van der Waals surface area contributed by atoms with Crippen LogP contribution in [0.2, 0.25) is 0 Å². The molecule has 0 aromatic rings. The molecule has 19 heavy (non-hydrogen) atoms. The Morgan fingerprint density at radius 3 is 2.58 bits per heavy atom. The maximum atomic E-state index is 11.1. The first-order valence-corrected chi connectivity index (χ1v) is 6.00. The Kier molecular flexibility index (Phi) is 5.25. The molecule has 1 aliphatic heterocycles. The lowest BCUT2D eigenvalue weighted by molar-refractivity contribution is -0.292. The first-order chi connectivity index (χ1) is 8.68. The van der Waals surface area contributed by atoms with E-state index in [-0.39, 0.29) is 6.42 Å². The van der Waals surface area contributed by atoms with Gasteiger partial charge in [0.25, 0.3) is 0 Å². The van der Waals surface area contributed by atoms with Crippen LogP contribution in [0.25, 0.3) is 0 Å². The van der Waals surface area contributed by atoms with Gasteiger partial charge in [-0.15, -0.1) is 0 Å². The van der Waals surface area contributed by atoms with E-state index >= 15 is 0 Å². The first-order valence-electron chi connectivity index (χ1n) is 6.00. The highest BCUT2D eigenvalue weighted by Gasteiger charge is 2.47. The van der Waals surface area contributed by atoms with E-state index in [1.165, 1.54) is 13.8 Å². The lowest BCUT2D eigenvalue weighted by atomic mass is 9.89. The summed E-state index contributed by atoms with van der Waals surface area (Å²) in [5.41, 5.74) is 0. The number of amides is 1. The lowest BCUT2D eigenvalue weighted by Crippen LogP contribution is -2.65. The quantitative estimate of drug-likeness (QED) is 0.323. The third-order valence-corrected chi connectivity index (χ3v) is 3.03. The van der Waals surface area contributed by atoms with Gasteiger partial charge in [-0.25, -0.2) is 0 Å². The highest BCUT2D eigenvalue weighted by Crippen LogP contribution is 2.29. The van der Waals surface area contributed by atoms with Crippen molar-refractivity contribution in [2.24, 2.45) is 0 Å². The SMILES string of the molecule is CC(=O)N[C@H]1[C@H]([C@H](O)C(O)CO)O[C@@](C)(O)C[C@@H]1O. The molecule has 112 valence electrons. The molecule has 8 heteroatoms. The maximum absolute atomic E-state index is 11.1. The van der Waals surface area contributed by atoms with Crippen molar-refractivity contribution in [3.05, 3.63) is 0 Å².